The van der Waals surface area contributed by atoms with Gasteiger partial charge in [-0.1, -0.05) is 32.0 Å². The van der Waals surface area contributed by atoms with E-state index >= 15 is 0 Å². The molecular weight excluding hydrogens is 340 g/mol. The molecule has 27 heavy (non-hydrogen) atoms. The van der Waals surface area contributed by atoms with Gasteiger partial charge in [-0.2, -0.15) is 0 Å². The molecule has 6 nitrogen and oxygen atoms in total. The van der Waals surface area contributed by atoms with E-state index in [9.17, 15) is 4.79 Å². The molecule has 1 fully saturated rings. The molecule has 0 radical (unpaired) electrons. The average molecular weight is 373 g/mol. The number of carbonyl (C=O) groups excluding carboxylic acids is 1. The molecule has 0 spiro atoms. The van der Waals surface area contributed by atoms with Gasteiger partial charge in [0.05, 0.1) is 13.2 Å². The van der Waals surface area contributed by atoms with Crippen LogP contribution in [0.4, 0.5) is 4.79 Å². The Morgan fingerprint density at radius 1 is 1.22 bits per heavy atom. The van der Waals surface area contributed by atoms with Gasteiger partial charge in [0.2, 0.25) is 0 Å². The minimum Gasteiger partial charge on any atom is -0.379 e. The van der Waals surface area contributed by atoms with Crippen molar-refractivity contribution in [1.29, 1.82) is 0 Å². The Morgan fingerprint density at radius 3 is 2.78 bits per heavy atom. The van der Waals surface area contributed by atoms with Crippen LogP contribution in [0.3, 0.4) is 0 Å². The number of fused-ring (bicyclic) bond motifs is 1. The molecule has 2 heterocycles. The fourth-order valence-corrected chi connectivity index (χ4v) is 3.77. The number of aromatic nitrogens is 1. The number of carbonyl (C=O) groups is 1. The van der Waals surface area contributed by atoms with Crippen molar-refractivity contribution in [2.24, 2.45) is 5.92 Å². The fourth-order valence-electron chi connectivity index (χ4n) is 3.77. The highest BCUT2D eigenvalue weighted by atomic mass is 16.5. The van der Waals surface area contributed by atoms with Crippen LogP contribution in [-0.4, -0.2) is 61.3 Å². The number of nitrogens with one attached hydrogen (secondary N) is 3. The van der Waals surface area contributed by atoms with E-state index in [-0.39, 0.29) is 6.03 Å². The van der Waals surface area contributed by atoms with Crippen LogP contribution in [0, 0.1) is 5.92 Å². The van der Waals surface area contributed by atoms with E-state index in [0.717, 1.165) is 44.7 Å². The Balaban J connectivity index is 1.43. The highest BCUT2D eigenvalue weighted by Gasteiger charge is 2.22. The summed E-state index contributed by atoms with van der Waals surface area (Å²) in [6, 6.07) is 8.53. The van der Waals surface area contributed by atoms with Gasteiger partial charge in [0.15, 0.2) is 0 Å². The normalized spacial score (nSPS) is 16.6. The number of nitrogens with zero attached hydrogens (tertiary/aromatic N) is 1. The summed E-state index contributed by atoms with van der Waals surface area (Å²) in [5.41, 5.74) is 2.37. The lowest BCUT2D eigenvalue weighted by molar-refractivity contribution is 0.0129. The molecule has 1 aromatic carbocycles. The number of hydrogen-bond donors (Lipinski definition) is 3. The summed E-state index contributed by atoms with van der Waals surface area (Å²) < 4.78 is 5.46. The smallest absolute Gasteiger partial charge is 0.314 e. The molecule has 0 saturated carbocycles. The molecule has 1 unspecified atom stereocenters. The van der Waals surface area contributed by atoms with Crippen molar-refractivity contribution in [3.05, 3.63) is 36.0 Å². The first-order valence-electron chi connectivity index (χ1n) is 10.0. The monoisotopic (exact) mass is 372 g/mol. The van der Waals surface area contributed by atoms with Crippen LogP contribution in [0.15, 0.2) is 30.5 Å². The van der Waals surface area contributed by atoms with E-state index in [1.807, 2.05) is 18.3 Å². The molecule has 0 aliphatic carbocycles. The number of aromatic amines is 1. The van der Waals surface area contributed by atoms with Gasteiger partial charge in [-0.3, -0.25) is 4.90 Å². The van der Waals surface area contributed by atoms with Crippen LogP contribution in [0.1, 0.15) is 25.8 Å². The van der Waals surface area contributed by atoms with Gasteiger partial charge in [0.1, 0.15) is 0 Å². The van der Waals surface area contributed by atoms with Crippen molar-refractivity contribution in [1.82, 2.24) is 20.5 Å². The van der Waals surface area contributed by atoms with E-state index in [1.165, 1.54) is 10.9 Å². The molecule has 6 heteroatoms. The first kappa shape index (κ1) is 19.7. The molecule has 2 amide bonds. The summed E-state index contributed by atoms with van der Waals surface area (Å²) >= 11 is 0. The van der Waals surface area contributed by atoms with E-state index in [1.54, 1.807) is 0 Å². The highest BCUT2D eigenvalue weighted by Crippen LogP contribution is 2.17. The first-order valence-corrected chi connectivity index (χ1v) is 10.0. The molecule has 1 aromatic heterocycles. The lowest BCUT2D eigenvalue weighted by Crippen LogP contribution is -2.50. The van der Waals surface area contributed by atoms with Crippen LogP contribution >= 0.6 is 0 Å². The quantitative estimate of drug-likeness (QED) is 0.667. The van der Waals surface area contributed by atoms with Crippen molar-refractivity contribution in [3.8, 4) is 0 Å². The average Bonchev–Trinajstić information content (AvgIpc) is 3.09. The molecule has 1 aliphatic heterocycles. The molecule has 2 aromatic rings. The second-order valence-electron chi connectivity index (χ2n) is 7.68. The van der Waals surface area contributed by atoms with E-state index in [4.69, 9.17) is 4.74 Å². The second kappa shape index (κ2) is 9.76. The number of amides is 2. The number of H-pyrrole nitrogens is 1. The number of morpholine rings is 1. The van der Waals surface area contributed by atoms with Gasteiger partial charge in [0, 0.05) is 49.3 Å². The summed E-state index contributed by atoms with van der Waals surface area (Å²) in [5, 5.41) is 7.28. The predicted octanol–water partition coefficient (Wildman–Crippen LogP) is 2.76. The molecular formula is C21H32N4O2. The van der Waals surface area contributed by atoms with Crippen LogP contribution in [-0.2, 0) is 11.2 Å². The zero-order valence-electron chi connectivity index (χ0n) is 16.5. The van der Waals surface area contributed by atoms with E-state index < -0.39 is 0 Å². The maximum atomic E-state index is 12.2. The molecule has 1 atom stereocenters. The summed E-state index contributed by atoms with van der Waals surface area (Å²) in [7, 11) is 0. The lowest BCUT2D eigenvalue weighted by atomic mass is 10.0. The molecule has 3 N–H and O–H groups in total. The predicted molar refractivity (Wildman–Crippen MR) is 109 cm³/mol. The van der Waals surface area contributed by atoms with Crippen LogP contribution in [0.5, 0.6) is 0 Å². The molecule has 0 bridgehead atoms. The topological polar surface area (TPSA) is 69.4 Å². The summed E-state index contributed by atoms with van der Waals surface area (Å²) in [6.07, 6.45) is 3.92. The Kier molecular flexibility index (Phi) is 7.12. The van der Waals surface area contributed by atoms with Gasteiger partial charge < -0.3 is 20.4 Å². The van der Waals surface area contributed by atoms with Crippen LogP contribution in [0.2, 0.25) is 0 Å². The van der Waals surface area contributed by atoms with Crippen molar-refractivity contribution in [2.75, 3.05) is 39.4 Å². The zero-order chi connectivity index (χ0) is 19.1. The number of rotatable bonds is 8. The number of benzene rings is 1. The minimum atomic E-state index is -0.0862. The summed E-state index contributed by atoms with van der Waals surface area (Å²) in [6.45, 7) is 9.22. The molecule has 1 aliphatic rings. The zero-order valence-corrected chi connectivity index (χ0v) is 16.5. The summed E-state index contributed by atoms with van der Waals surface area (Å²) in [4.78, 5) is 18.0. The Hall–Kier alpha value is -2.05. The van der Waals surface area contributed by atoms with Crippen molar-refractivity contribution in [2.45, 2.75) is 32.7 Å². The highest BCUT2D eigenvalue weighted by molar-refractivity contribution is 5.83. The third-order valence-corrected chi connectivity index (χ3v) is 5.16. The second-order valence-corrected chi connectivity index (χ2v) is 7.68. The summed E-state index contributed by atoms with van der Waals surface area (Å²) in [5.74, 6) is 0.601. The number of para-hydroxylation sites is 1. The third kappa shape index (κ3) is 5.71. The maximum Gasteiger partial charge on any atom is 0.314 e. The standard InChI is InChI=1S/C21H32N4O2/c1-16(2)13-18(25-9-11-27-12-10-25)15-24-21(26)22-8-7-17-14-23-20-6-4-3-5-19(17)20/h3-6,14,16,18,23H,7-13,15H2,1-2H3,(H2,22,24,26). The van der Waals surface area contributed by atoms with E-state index in [2.05, 4.69) is 46.5 Å². The van der Waals surface area contributed by atoms with Crippen molar-refractivity contribution >= 4 is 16.9 Å². The molecule has 3 rings (SSSR count). The van der Waals surface area contributed by atoms with Gasteiger partial charge in [-0.15, -0.1) is 0 Å². The fraction of sp³-hybridized carbons (Fsp3) is 0.571. The number of hydrogen-bond acceptors (Lipinski definition) is 3. The van der Waals surface area contributed by atoms with Crippen molar-refractivity contribution in [3.63, 3.8) is 0 Å². The Bertz CT molecular complexity index is 722. The maximum absolute atomic E-state index is 12.2. The Labute approximate surface area is 161 Å². The van der Waals surface area contributed by atoms with Gasteiger partial charge in [-0.05, 0) is 30.4 Å². The van der Waals surface area contributed by atoms with Crippen LogP contribution in [0.25, 0.3) is 10.9 Å². The number of ether oxygens (including phenoxy) is 1. The van der Waals surface area contributed by atoms with Crippen LogP contribution < -0.4 is 10.6 Å². The molecule has 148 valence electrons. The van der Waals surface area contributed by atoms with E-state index in [0.29, 0.717) is 25.0 Å². The largest absolute Gasteiger partial charge is 0.379 e. The molecule has 1 saturated heterocycles. The third-order valence-electron chi connectivity index (χ3n) is 5.16. The first-order chi connectivity index (χ1) is 13.1. The Morgan fingerprint density at radius 2 is 2.00 bits per heavy atom. The number of urea groups is 1. The SMILES string of the molecule is CC(C)CC(CNC(=O)NCCc1c[nH]c2ccccc12)N1CCOCC1. The lowest BCUT2D eigenvalue weighted by Gasteiger charge is -2.35. The van der Waals surface area contributed by atoms with Crippen molar-refractivity contribution < 1.29 is 9.53 Å². The minimum absolute atomic E-state index is 0.0862. The van der Waals surface area contributed by atoms with Gasteiger partial charge in [-0.25, -0.2) is 4.79 Å². The van der Waals surface area contributed by atoms with Gasteiger partial charge in [0.25, 0.3) is 0 Å². The van der Waals surface area contributed by atoms with Gasteiger partial charge >= 0.3 is 6.03 Å².